The lowest BCUT2D eigenvalue weighted by Gasteiger charge is -2.20. The van der Waals surface area contributed by atoms with Gasteiger partial charge in [0.1, 0.15) is 10.9 Å². The maximum atomic E-state index is 6.07. The zero-order valence-corrected chi connectivity index (χ0v) is 10.8. The third kappa shape index (κ3) is 2.85. The molecule has 0 saturated carbocycles. The third-order valence-corrected chi connectivity index (χ3v) is 2.60. The van der Waals surface area contributed by atoms with Crippen molar-refractivity contribution in [2.45, 2.75) is 40.0 Å². The summed E-state index contributed by atoms with van der Waals surface area (Å²) in [4.78, 5) is 4.37. The molecule has 0 aromatic carbocycles. The molecule has 0 aliphatic heterocycles. The van der Waals surface area contributed by atoms with Crippen molar-refractivity contribution in [2.75, 3.05) is 6.61 Å². The van der Waals surface area contributed by atoms with Gasteiger partial charge in [0.05, 0.1) is 12.3 Å². The Labute approximate surface area is 96.6 Å². The summed E-state index contributed by atoms with van der Waals surface area (Å²) in [6.45, 7) is 10.9. The van der Waals surface area contributed by atoms with E-state index in [0.717, 1.165) is 17.0 Å². The van der Waals surface area contributed by atoms with E-state index in [1.165, 1.54) is 0 Å². The summed E-state index contributed by atoms with van der Waals surface area (Å²) in [5, 5.41) is 0.533. The molecule has 1 aromatic heterocycles. The van der Waals surface area contributed by atoms with E-state index in [0.29, 0.717) is 11.8 Å². The second kappa shape index (κ2) is 4.40. The topological polar surface area (TPSA) is 22.1 Å². The monoisotopic (exact) mass is 227 g/mol. The quantitative estimate of drug-likeness (QED) is 0.719. The van der Waals surface area contributed by atoms with Crippen molar-refractivity contribution < 1.29 is 4.74 Å². The minimum absolute atomic E-state index is 0.0107. The molecule has 0 unspecified atom stereocenters. The van der Waals surface area contributed by atoms with Crippen LogP contribution in [-0.4, -0.2) is 11.6 Å². The Balaban J connectivity index is 3.23. The molecule has 0 saturated heterocycles. The molecule has 0 bridgehead atoms. The highest BCUT2D eigenvalue weighted by Crippen LogP contribution is 2.30. The van der Waals surface area contributed by atoms with Gasteiger partial charge in [-0.3, -0.25) is 0 Å². The number of hydrogen-bond acceptors (Lipinski definition) is 2. The van der Waals surface area contributed by atoms with Gasteiger partial charge in [-0.05, 0) is 13.8 Å². The van der Waals surface area contributed by atoms with Gasteiger partial charge >= 0.3 is 0 Å². The van der Waals surface area contributed by atoms with Crippen LogP contribution in [0.4, 0.5) is 0 Å². The molecule has 15 heavy (non-hydrogen) atoms. The van der Waals surface area contributed by atoms with Gasteiger partial charge < -0.3 is 4.74 Å². The Kier molecular flexibility index (Phi) is 3.61. The van der Waals surface area contributed by atoms with E-state index >= 15 is 0 Å². The highest BCUT2D eigenvalue weighted by atomic mass is 35.5. The molecule has 3 heteroatoms. The fraction of sp³-hybridized carbons (Fsp3) is 0.583. The zero-order chi connectivity index (χ0) is 11.6. The van der Waals surface area contributed by atoms with Gasteiger partial charge in [-0.2, -0.15) is 0 Å². The van der Waals surface area contributed by atoms with Gasteiger partial charge in [-0.1, -0.05) is 32.4 Å². The third-order valence-electron chi connectivity index (χ3n) is 2.23. The van der Waals surface area contributed by atoms with Crippen LogP contribution in [0.5, 0.6) is 5.75 Å². The number of aromatic nitrogens is 1. The summed E-state index contributed by atoms with van der Waals surface area (Å²) >= 11 is 6.07. The molecule has 0 radical (unpaired) electrons. The molecule has 84 valence electrons. The normalized spacial score (nSPS) is 11.6. The SMILES string of the molecule is CCOc1cc(C(C)(C)C)nc(Cl)c1C. The Morgan fingerprint density at radius 2 is 2.00 bits per heavy atom. The number of nitrogens with zero attached hydrogens (tertiary/aromatic N) is 1. The van der Waals surface area contributed by atoms with E-state index < -0.39 is 0 Å². The predicted octanol–water partition coefficient (Wildman–Crippen LogP) is 3.74. The second-order valence-electron chi connectivity index (χ2n) is 4.60. The maximum Gasteiger partial charge on any atom is 0.135 e. The van der Waals surface area contributed by atoms with E-state index in [9.17, 15) is 0 Å². The first-order valence-corrected chi connectivity index (χ1v) is 5.54. The van der Waals surface area contributed by atoms with Crippen molar-refractivity contribution >= 4 is 11.6 Å². The van der Waals surface area contributed by atoms with Gasteiger partial charge in [0.15, 0.2) is 0 Å². The van der Waals surface area contributed by atoms with Crippen LogP contribution < -0.4 is 4.74 Å². The number of pyridine rings is 1. The largest absolute Gasteiger partial charge is 0.493 e. The van der Waals surface area contributed by atoms with Crippen LogP contribution in [0, 0.1) is 6.92 Å². The summed E-state index contributed by atoms with van der Waals surface area (Å²) < 4.78 is 5.53. The first kappa shape index (κ1) is 12.3. The molecule has 0 fully saturated rings. The number of rotatable bonds is 2. The highest BCUT2D eigenvalue weighted by molar-refractivity contribution is 6.30. The molecule has 1 heterocycles. The lowest BCUT2D eigenvalue weighted by Crippen LogP contribution is -2.14. The Morgan fingerprint density at radius 1 is 1.40 bits per heavy atom. The summed E-state index contributed by atoms with van der Waals surface area (Å²) in [6, 6.07) is 1.98. The molecule has 0 aliphatic rings. The lowest BCUT2D eigenvalue weighted by molar-refractivity contribution is 0.336. The van der Waals surface area contributed by atoms with Gasteiger partial charge in [0.2, 0.25) is 0 Å². The molecule has 2 nitrogen and oxygen atoms in total. The van der Waals surface area contributed by atoms with Crippen molar-refractivity contribution in [3.8, 4) is 5.75 Å². The molecule has 1 aromatic rings. The molecule has 0 aliphatic carbocycles. The number of halogens is 1. The molecular weight excluding hydrogens is 210 g/mol. The predicted molar refractivity (Wildman–Crippen MR) is 63.9 cm³/mol. The first-order chi connectivity index (χ1) is 6.86. The van der Waals surface area contributed by atoms with E-state index in [-0.39, 0.29) is 5.41 Å². The molecule has 0 atom stereocenters. The van der Waals surface area contributed by atoms with Crippen LogP contribution in [0.15, 0.2) is 6.07 Å². The zero-order valence-electron chi connectivity index (χ0n) is 10.0. The Hall–Kier alpha value is -0.760. The van der Waals surface area contributed by atoms with Gasteiger partial charge in [0.25, 0.3) is 0 Å². The van der Waals surface area contributed by atoms with Crippen molar-refractivity contribution in [3.63, 3.8) is 0 Å². The average molecular weight is 228 g/mol. The van der Waals surface area contributed by atoms with Crippen LogP contribution in [-0.2, 0) is 5.41 Å². The van der Waals surface area contributed by atoms with Crippen LogP contribution in [0.25, 0.3) is 0 Å². The minimum atomic E-state index is -0.0107. The van der Waals surface area contributed by atoms with Crippen LogP contribution >= 0.6 is 11.6 Å². The maximum absolute atomic E-state index is 6.07. The van der Waals surface area contributed by atoms with Crippen molar-refractivity contribution in [2.24, 2.45) is 0 Å². The van der Waals surface area contributed by atoms with Crippen LogP contribution in [0.3, 0.4) is 0 Å². The van der Waals surface area contributed by atoms with Gasteiger partial charge in [-0.15, -0.1) is 0 Å². The second-order valence-corrected chi connectivity index (χ2v) is 4.96. The molecule has 0 amide bonds. The fourth-order valence-electron chi connectivity index (χ4n) is 1.25. The van der Waals surface area contributed by atoms with Crippen molar-refractivity contribution in [1.29, 1.82) is 0 Å². The van der Waals surface area contributed by atoms with E-state index in [1.807, 2.05) is 19.9 Å². The van der Waals surface area contributed by atoms with E-state index in [4.69, 9.17) is 16.3 Å². The molecule has 0 spiro atoms. The van der Waals surface area contributed by atoms with Gasteiger partial charge in [-0.25, -0.2) is 4.98 Å². The summed E-state index contributed by atoms with van der Waals surface area (Å²) in [7, 11) is 0. The number of hydrogen-bond donors (Lipinski definition) is 0. The van der Waals surface area contributed by atoms with Crippen molar-refractivity contribution in [3.05, 3.63) is 22.5 Å². The lowest BCUT2D eigenvalue weighted by atomic mass is 9.91. The highest BCUT2D eigenvalue weighted by Gasteiger charge is 2.19. The summed E-state index contributed by atoms with van der Waals surface area (Å²) in [5.41, 5.74) is 1.86. The van der Waals surface area contributed by atoms with E-state index in [1.54, 1.807) is 0 Å². The molecular formula is C12H18ClNO. The Morgan fingerprint density at radius 3 is 2.47 bits per heavy atom. The van der Waals surface area contributed by atoms with Gasteiger partial charge in [0, 0.05) is 17.0 Å². The summed E-state index contributed by atoms with van der Waals surface area (Å²) in [6.07, 6.45) is 0. The molecule has 1 rings (SSSR count). The fourth-order valence-corrected chi connectivity index (χ4v) is 1.43. The minimum Gasteiger partial charge on any atom is -0.493 e. The standard InChI is InChI=1S/C12H18ClNO/c1-6-15-9-7-10(12(3,4)5)14-11(13)8(9)2/h7H,6H2,1-5H3. The average Bonchev–Trinajstić information content (AvgIpc) is 2.11. The summed E-state index contributed by atoms with van der Waals surface area (Å²) in [5.74, 6) is 0.836. The van der Waals surface area contributed by atoms with E-state index in [2.05, 4.69) is 25.8 Å². The Bertz CT molecular complexity index is 355. The smallest absolute Gasteiger partial charge is 0.135 e. The van der Waals surface area contributed by atoms with Crippen LogP contribution in [0.1, 0.15) is 39.0 Å². The number of ether oxygens (including phenoxy) is 1. The first-order valence-electron chi connectivity index (χ1n) is 5.16. The molecule has 0 N–H and O–H groups in total. The van der Waals surface area contributed by atoms with Crippen molar-refractivity contribution in [1.82, 2.24) is 4.98 Å². The van der Waals surface area contributed by atoms with Crippen LogP contribution in [0.2, 0.25) is 5.15 Å².